The van der Waals surface area contributed by atoms with Gasteiger partial charge in [-0.1, -0.05) is 13.3 Å². The van der Waals surface area contributed by atoms with Crippen LogP contribution >= 0.6 is 0 Å². The molecule has 0 saturated heterocycles. The van der Waals surface area contributed by atoms with Gasteiger partial charge in [0, 0.05) is 0 Å². The Kier molecular flexibility index (Phi) is 0.865. The third-order valence-corrected chi connectivity index (χ3v) is 1.33. The summed E-state index contributed by atoms with van der Waals surface area (Å²) < 4.78 is 11.3. The highest BCUT2D eigenvalue weighted by atomic mass is 19.1. The molecule has 1 aliphatic rings. The highest BCUT2D eigenvalue weighted by Crippen LogP contribution is 2.43. The lowest BCUT2D eigenvalue weighted by Gasteiger charge is -1.72. The quantitative estimate of drug-likeness (QED) is 0.422. The topological polar surface area (TPSA) is 0 Å². The second-order valence-corrected chi connectivity index (χ2v) is 2.00. The second-order valence-electron chi connectivity index (χ2n) is 2.00. The second kappa shape index (κ2) is 1.25. The summed E-state index contributed by atoms with van der Waals surface area (Å²) in [6.45, 7) is 2.06. The zero-order valence-electron chi connectivity index (χ0n) is 3.82. The van der Waals surface area contributed by atoms with Crippen LogP contribution in [0, 0.1) is 5.92 Å². The average molecular weight is 84.9 g/mol. The van der Waals surface area contributed by atoms with E-state index in [1.807, 2.05) is 0 Å². The smallest absolute Gasteiger partial charge is 0.342 e. The van der Waals surface area contributed by atoms with Gasteiger partial charge in [0.25, 0.3) is 0 Å². The van der Waals surface area contributed by atoms with Crippen molar-refractivity contribution < 1.29 is 4.32 Å². The zero-order valence-corrected chi connectivity index (χ0v) is 3.82. The van der Waals surface area contributed by atoms with E-state index in [0.29, 0.717) is 11.7 Å². The van der Waals surface area contributed by atoms with Crippen LogP contribution < -0.4 is 0 Å². The molecule has 2 unspecified atom stereocenters. The maximum Gasteiger partial charge on any atom is 0.358 e. The van der Waals surface area contributed by atoms with Crippen LogP contribution in [0.5, 0.6) is 0 Å². The molecule has 0 aromatic rings. The van der Waals surface area contributed by atoms with Crippen molar-refractivity contribution in [1.29, 1.82) is 0 Å². The van der Waals surface area contributed by atoms with E-state index in [0.717, 1.165) is 14.0 Å². The molecule has 0 bridgehead atoms. The Bertz CT molecular complexity index is 53.5. The molecule has 0 aromatic carbocycles. The molecule has 0 aliphatic heterocycles. The summed E-state index contributed by atoms with van der Waals surface area (Å²) in [6.07, 6.45) is 1.07. The summed E-state index contributed by atoms with van der Waals surface area (Å²) in [5.41, 5.74) is 0. The molecule has 0 spiro atoms. The predicted molar refractivity (Wildman–Crippen MR) is 24.4 cm³/mol. The normalized spacial score (nSPS) is 42.3. The van der Waals surface area contributed by atoms with Gasteiger partial charge in [0.15, 0.2) is 0 Å². The first kappa shape index (κ1) is 4.16. The zero-order chi connectivity index (χ0) is 4.57. The number of hydrogen-bond donors (Lipinski definition) is 0. The minimum atomic E-state index is 0.310. The molecule has 1 radical (unpaired) electrons. The summed E-state index contributed by atoms with van der Waals surface area (Å²) in [6, 6.07) is 0. The van der Waals surface area contributed by atoms with Gasteiger partial charge in [-0.3, -0.25) is 0 Å². The lowest BCUT2D eigenvalue weighted by molar-refractivity contribution is 0.840. The standard InChI is InChI=1S/C4H7BF/c1-3-2-4(3)5-6/h3-4H,2H2,1H3. The fraction of sp³-hybridized carbons (Fsp3) is 1.00. The molecule has 0 nitrogen and oxygen atoms in total. The summed E-state index contributed by atoms with van der Waals surface area (Å²) in [5, 5.41) is 0. The first-order valence-electron chi connectivity index (χ1n) is 2.28. The summed E-state index contributed by atoms with van der Waals surface area (Å²) in [4.78, 5) is 0. The molecule has 0 aromatic heterocycles. The molecule has 2 atom stereocenters. The van der Waals surface area contributed by atoms with Crippen molar-refractivity contribution in [2.24, 2.45) is 5.92 Å². The Labute approximate surface area is 38.0 Å². The van der Waals surface area contributed by atoms with Crippen molar-refractivity contribution in [3.63, 3.8) is 0 Å². The van der Waals surface area contributed by atoms with E-state index >= 15 is 0 Å². The van der Waals surface area contributed by atoms with Gasteiger partial charge in [0.05, 0.1) is 0 Å². The van der Waals surface area contributed by atoms with Crippen molar-refractivity contribution in [3.8, 4) is 0 Å². The minimum absolute atomic E-state index is 0.310. The predicted octanol–water partition coefficient (Wildman–Crippen LogP) is 1.40. The maximum atomic E-state index is 11.3. The van der Waals surface area contributed by atoms with Crippen LogP contribution in [0.15, 0.2) is 0 Å². The van der Waals surface area contributed by atoms with Crippen molar-refractivity contribution in [2.75, 3.05) is 0 Å². The Morgan fingerprint density at radius 3 is 2.33 bits per heavy atom. The van der Waals surface area contributed by atoms with Crippen molar-refractivity contribution >= 4 is 7.56 Å². The van der Waals surface area contributed by atoms with Crippen LogP contribution in [0.4, 0.5) is 4.32 Å². The van der Waals surface area contributed by atoms with Crippen molar-refractivity contribution in [3.05, 3.63) is 0 Å². The average Bonchev–Trinajstić information content (AvgIpc) is 2.19. The fourth-order valence-electron chi connectivity index (χ4n) is 0.526. The summed E-state index contributed by atoms with van der Waals surface area (Å²) in [5.74, 6) is 0.944. The Balaban J connectivity index is 2.09. The van der Waals surface area contributed by atoms with E-state index in [1.54, 1.807) is 0 Å². The van der Waals surface area contributed by atoms with E-state index in [1.165, 1.54) is 0 Å². The van der Waals surface area contributed by atoms with E-state index in [9.17, 15) is 4.32 Å². The summed E-state index contributed by atoms with van der Waals surface area (Å²) >= 11 is 0. The molecule has 1 saturated carbocycles. The molecular weight excluding hydrogens is 77.9 g/mol. The van der Waals surface area contributed by atoms with Crippen LogP contribution in [0.1, 0.15) is 13.3 Å². The van der Waals surface area contributed by atoms with Crippen LogP contribution in [0.25, 0.3) is 0 Å². The monoisotopic (exact) mass is 85.1 g/mol. The first-order chi connectivity index (χ1) is 2.84. The summed E-state index contributed by atoms with van der Waals surface area (Å²) in [7, 11) is 0.796. The highest BCUT2D eigenvalue weighted by molar-refractivity contribution is 6.30. The minimum Gasteiger partial charge on any atom is -0.342 e. The molecule has 6 heavy (non-hydrogen) atoms. The molecular formula is C4H7BF. The van der Waals surface area contributed by atoms with E-state index in [-0.39, 0.29) is 0 Å². The van der Waals surface area contributed by atoms with Gasteiger partial charge in [-0.05, 0) is 11.7 Å². The van der Waals surface area contributed by atoms with Gasteiger partial charge in [-0.2, -0.15) is 0 Å². The largest absolute Gasteiger partial charge is 0.358 e. The van der Waals surface area contributed by atoms with E-state index in [4.69, 9.17) is 0 Å². The lowest BCUT2D eigenvalue weighted by atomic mass is 9.95. The Morgan fingerprint density at radius 2 is 2.33 bits per heavy atom. The third kappa shape index (κ3) is 0.561. The van der Waals surface area contributed by atoms with Crippen LogP contribution in [0.2, 0.25) is 5.82 Å². The molecule has 0 N–H and O–H groups in total. The molecule has 0 amide bonds. The molecule has 1 fully saturated rings. The number of halogens is 1. The van der Waals surface area contributed by atoms with Gasteiger partial charge in [-0.25, -0.2) is 0 Å². The van der Waals surface area contributed by atoms with Crippen LogP contribution in [0.3, 0.4) is 0 Å². The highest BCUT2D eigenvalue weighted by Gasteiger charge is 2.33. The van der Waals surface area contributed by atoms with Crippen LogP contribution in [-0.4, -0.2) is 7.56 Å². The number of hydrogen-bond acceptors (Lipinski definition) is 0. The Morgan fingerprint density at radius 1 is 1.83 bits per heavy atom. The molecule has 1 rings (SSSR count). The van der Waals surface area contributed by atoms with Gasteiger partial charge < -0.3 is 4.32 Å². The molecule has 33 valence electrons. The third-order valence-electron chi connectivity index (χ3n) is 1.33. The van der Waals surface area contributed by atoms with Gasteiger partial charge in [-0.15, -0.1) is 0 Å². The fourth-order valence-corrected chi connectivity index (χ4v) is 0.526. The lowest BCUT2D eigenvalue weighted by Crippen LogP contribution is -1.74. The van der Waals surface area contributed by atoms with Gasteiger partial charge >= 0.3 is 7.56 Å². The van der Waals surface area contributed by atoms with Gasteiger partial charge in [0.1, 0.15) is 0 Å². The maximum absolute atomic E-state index is 11.3. The van der Waals surface area contributed by atoms with E-state index < -0.39 is 0 Å². The molecule has 1 aliphatic carbocycles. The number of rotatable bonds is 1. The molecule has 2 heteroatoms. The van der Waals surface area contributed by atoms with Crippen molar-refractivity contribution in [2.45, 2.75) is 19.2 Å². The SMILES string of the molecule is CC1CC1[B]F. The van der Waals surface area contributed by atoms with E-state index in [2.05, 4.69) is 6.92 Å². The van der Waals surface area contributed by atoms with Gasteiger partial charge in [0.2, 0.25) is 0 Å². The van der Waals surface area contributed by atoms with Crippen molar-refractivity contribution in [1.82, 2.24) is 0 Å². The molecule has 0 heterocycles. The Hall–Kier alpha value is -0.00506. The first-order valence-corrected chi connectivity index (χ1v) is 2.28. The van der Waals surface area contributed by atoms with Crippen LogP contribution in [-0.2, 0) is 0 Å².